The SMILES string of the molecule is c1ccc2c3n4c(c2c1)N=C1c2ncsc2C2=[N+]1C41n4c(c5ccccc5c4=N2)=NC2=[N+]1C(=N3)c1scnc12. The molecule has 12 heteroatoms. The molecule has 0 amide bonds. The third-order valence-corrected chi connectivity index (χ3v) is 10.2. The summed E-state index contributed by atoms with van der Waals surface area (Å²) in [7, 11) is 0. The van der Waals surface area contributed by atoms with Crippen LogP contribution in [0.1, 0.15) is 21.1 Å². The van der Waals surface area contributed by atoms with Gasteiger partial charge in [0.05, 0.1) is 11.0 Å². The molecule has 0 radical (unpaired) electrons. The Hall–Kier alpha value is -4.94. The van der Waals surface area contributed by atoms with E-state index < -0.39 is 5.91 Å². The fraction of sp³-hybridized carbons (Fsp3) is 0.0370. The summed E-state index contributed by atoms with van der Waals surface area (Å²) >= 11 is 3.21. The number of aromatic nitrogens is 4. The van der Waals surface area contributed by atoms with Crippen LogP contribution in [-0.4, -0.2) is 51.6 Å². The lowest BCUT2D eigenvalue weighted by Gasteiger charge is -2.40. The number of benzene rings is 2. The summed E-state index contributed by atoms with van der Waals surface area (Å²) in [6.45, 7) is 0. The van der Waals surface area contributed by atoms with Gasteiger partial charge in [0.25, 0.3) is 23.3 Å². The van der Waals surface area contributed by atoms with Crippen molar-refractivity contribution in [1.29, 1.82) is 0 Å². The fourth-order valence-electron chi connectivity index (χ4n) is 7.16. The van der Waals surface area contributed by atoms with Crippen LogP contribution < -0.4 is 11.0 Å². The van der Waals surface area contributed by atoms with Crippen LogP contribution in [0.15, 0.2) is 79.5 Å². The molecule has 10 nitrogen and oxygen atoms in total. The highest BCUT2D eigenvalue weighted by Crippen LogP contribution is 2.52. The van der Waals surface area contributed by atoms with E-state index in [1.807, 2.05) is 11.0 Å². The molecule has 0 saturated carbocycles. The molecule has 0 fully saturated rings. The molecule has 39 heavy (non-hydrogen) atoms. The summed E-state index contributed by atoms with van der Waals surface area (Å²) in [5.74, 6) is 4.09. The van der Waals surface area contributed by atoms with Crippen LogP contribution in [0.5, 0.6) is 0 Å². The number of hydrogen-bond donors (Lipinski definition) is 0. The van der Waals surface area contributed by atoms with Gasteiger partial charge in [-0.2, -0.15) is 9.13 Å². The number of aliphatic imine (C=N–C) groups is 2. The zero-order valence-electron chi connectivity index (χ0n) is 19.6. The molecule has 1 atom stereocenters. The first-order valence-electron chi connectivity index (χ1n) is 12.5. The van der Waals surface area contributed by atoms with Gasteiger partial charge < -0.3 is 0 Å². The molecule has 0 N–H and O–H groups in total. The Morgan fingerprint density at radius 2 is 1.18 bits per heavy atom. The molecule has 10 heterocycles. The van der Waals surface area contributed by atoms with Gasteiger partial charge in [0.2, 0.25) is 22.6 Å². The van der Waals surface area contributed by atoms with Gasteiger partial charge in [-0.3, -0.25) is 0 Å². The number of amidine groups is 4. The highest BCUT2D eigenvalue weighted by Gasteiger charge is 2.70. The van der Waals surface area contributed by atoms with Crippen LogP contribution in [0.2, 0.25) is 0 Å². The third kappa shape index (κ3) is 1.60. The van der Waals surface area contributed by atoms with Crippen LogP contribution >= 0.6 is 22.7 Å². The molecule has 12 rings (SSSR count). The molecule has 6 aliphatic rings. The second-order valence-electron chi connectivity index (χ2n) is 10.1. The van der Waals surface area contributed by atoms with E-state index in [0.717, 1.165) is 88.6 Å². The Balaban J connectivity index is 1.47. The summed E-state index contributed by atoms with van der Waals surface area (Å²) in [6.07, 6.45) is 0. The summed E-state index contributed by atoms with van der Waals surface area (Å²) < 4.78 is 9.08. The van der Waals surface area contributed by atoms with Crippen molar-refractivity contribution in [2.75, 3.05) is 0 Å². The van der Waals surface area contributed by atoms with Gasteiger partial charge in [0.1, 0.15) is 9.75 Å². The average molecular weight is 539 g/mol. The predicted molar refractivity (Wildman–Crippen MR) is 145 cm³/mol. The van der Waals surface area contributed by atoms with Crippen LogP contribution in [0, 0.1) is 0 Å². The second-order valence-corrected chi connectivity index (χ2v) is 11.8. The van der Waals surface area contributed by atoms with Gasteiger partial charge in [-0.15, -0.1) is 31.8 Å². The van der Waals surface area contributed by atoms with Crippen LogP contribution in [0.25, 0.3) is 21.5 Å². The predicted octanol–water partition coefficient (Wildman–Crippen LogP) is 2.62. The lowest BCUT2D eigenvalue weighted by atomic mass is 10.2. The Bertz CT molecular complexity index is 2390. The van der Waals surface area contributed by atoms with Crippen molar-refractivity contribution in [3.63, 3.8) is 0 Å². The van der Waals surface area contributed by atoms with Crippen molar-refractivity contribution < 1.29 is 9.15 Å². The zero-order chi connectivity index (χ0) is 24.8. The zero-order valence-corrected chi connectivity index (χ0v) is 21.2. The van der Waals surface area contributed by atoms with E-state index in [9.17, 15) is 0 Å². The largest absolute Gasteiger partial charge is 0.404 e. The average Bonchev–Trinajstić information content (AvgIpc) is 3.80. The molecule has 4 aromatic heterocycles. The van der Waals surface area contributed by atoms with E-state index in [2.05, 4.69) is 66.8 Å². The topological polar surface area (TPSA) is 91.1 Å². The van der Waals surface area contributed by atoms with Gasteiger partial charge in [0.15, 0.2) is 11.4 Å². The second kappa shape index (κ2) is 5.44. The lowest BCUT2D eigenvalue weighted by molar-refractivity contribution is -0.790. The van der Waals surface area contributed by atoms with Crippen molar-refractivity contribution in [2.24, 2.45) is 20.0 Å². The van der Waals surface area contributed by atoms with Gasteiger partial charge >= 0.3 is 5.91 Å². The molecule has 6 aliphatic heterocycles. The van der Waals surface area contributed by atoms with Gasteiger partial charge in [0, 0.05) is 21.5 Å². The van der Waals surface area contributed by atoms with E-state index in [4.69, 9.17) is 29.9 Å². The van der Waals surface area contributed by atoms with Crippen molar-refractivity contribution >= 4 is 79.2 Å². The molecule has 0 bridgehead atoms. The Morgan fingerprint density at radius 1 is 0.590 bits per heavy atom. The van der Waals surface area contributed by atoms with Crippen LogP contribution in [0.3, 0.4) is 0 Å². The highest BCUT2D eigenvalue weighted by atomic mass is 32.1. The number of rotatable bonds is 0. The normalized spacial score (nSPS) is 21.4. The van der Waals surface area contributed by atoms with Crippen LogP contribution in [-0.2, 0) is 5.91 Å². The summed E-state index contributed by atoms with van der Waals surface area (Å²) in [6, 6.07) is 16.8. The lowest BCUT2D eigenvalue weighted by Crippen LogP contribution is -2.71. The summed E-state index contributed by atoms with van der Waals surface area (Å²) in [5.41, 5.74) is 7.23. The van der Waals surface area contributed by atoms with Gasteiger partial charge in [-0.25, -0.2) is 9.97 Å². The quantitative estimate of drug-likeness (QED) is 0.278. The van der Waals surface area contributed by atoms with E-state index in [1.54, 1.807) is 22.7 Å². The number of fused-ring (bicyclic) bond motifs is 12. The first-order valence-corrected chi connectivity index (χ1v) is 14.2. The Kier molecular flexibility index (Phi) is 2.56. The number of thiazole rings is 2. The molecule has 0 aliphatic carbocycles. The first-order chi connectivity index (χ1) is 19.4. The Morgan fingerprint density at radius 3 is 1.92 bits per heavy atom. The molecule has 2 aromatic carbocycles. The fourth-order valence-corrected chi connectivity index (χ4v) is 8.68. The molecule has 6 aromatic rings. The van der Waals surface area contributed by atoms with Crippen molar-refractivity contribution in [3.8, 4) is 0 Å². The summed E-state index contributed by atoms with van der Waals surface area (Å²) in [5, 5.41) is 4.23. The maximum absolute atomic E-state index is 5.33. The smallest absolute Gasteiger partial charge is 0.237 e. The minimum absolute atomic E-state index is 0.798. The highest BCUT2D eigenvalue weighted by molar-refractivity contribution is 7.12. The molecular formula is C27H10N10S2+2. The Labute approximate surface area is 224 Å². The van der Waals surface area contributed by atoms with Crippen molar-refractivity contribution in [1.82, 2.24) is 19.1 Å². The van der Waals surface area contributed by atoms with E-state index in [1.165, 1.54) is 0 Å². The van der Waals surface area contributed by atoms with E-state index >= 15 is 0 Å². The molecule has 0 saturated heterocycles. The maximum Gasteiger partial charge on any atom is 0.404 e. The van der Waals surface area contributed by atoms with E-state index in [0.29, 0.717) is 0 Å². The minimum Gasteiger partial charge on any atom is -0.237 e. The standard InChI is InChI=1S/C27H10N10S2/c1-3-7-13-11(5-1)19-30-23-15-17(38-9-28-15)26-33-22-14-8-4-2-6-12(14)20-31-24-16-18(39-10-29-16)25-32-21(13)34(19)27(35(20)22,36(23)26)37(24)25/h1-10H/q+2. The van der Waals surface area contributed by atoms with Gasteiger partial charge in [-0.1, -0.05) is 44.2 Å². The molecule has 1 spiro atoms. The first kappa shape index (κ1) is 18.3. The third-order valence-electron chi connectivity index (χ3n) is 8.52. The monoisotopic (exact) mass is 538 g/mol. The minimum atomic E-state index is -0.948. The van der Waals surface area contributed by atoms with Crippen molar-refractivity contribution in [2.45, 2.75) is 5.91 Å². The number of nitrogens with zero attached hydrogens (tertiary/aromatic N) is 10. The van der Waals surface area contributed by atoms with Gasteiger partial charge in [-0.05, 0) is 24.3 Å². The van der Waals surface area contributed by atoms with E-state index in [-0.39, 0.29) is 0 Å². The molecule has 178 valence electrons. The number of hydrogen-bond acceptors (Lipinski definition) is 8. The maximum atomic E-state index is 5.33. The summed E-state index contributed by atoms with van der Waals surface area (Å²) in [4.78, 5) is 32.9. The van der Waals surface area contributed by atoms with Crippen LogP contribution in [0.4, 0.5) is 11.6 Å². The molecule has 1 unspecified atom stereocenters. The van der Waals surface area contributed by atoms with Crippen molar-refractivity contribution in [3.05, 3.63) is 91.7 Å². The molecular weight excluding hydrogens is 529 g/mol.